The number of hydrazine groups is 1. The van der Waals surface area contributed by atoms with Gasteiger partial charge in [-0.15, -0.1) is 0 Å². The third-order valence-corrected chi connectivity index (χ3v) is 3.98. The predicted molar refractivity (Wildman–Crippen MR) is 73.2 cm³/mol. The van der Waals surface area contributed by atoms with Gasteiger partial charge in [0.15, 0.2) is 0 Å². The molecule has 1 saturated carbocycles. The zero-order valence-corrected chi connectivity index (χ0v) is 11.7. The van der Waals surface area contributed by atoms with Crippen molar-refractivity contribution in [1.82, 2.24) is 10.3 Å². The number of hydrogen-bond acceptors (Lipinski definition) is 4. The predicted octanol–water partition coefficient (Wildman–Crippen LogP) is 1.89. The smallest absolute Gasteiger partial charge is 0.268 e. The van der Waals surface area contributed by atoms with Gasteiger partial charge in [0.25, 0.3) is 5.91 Å². The lowest BCUT2D eigenvalue weighted by Crippen LogP contribution is -2.35. The Balaban J connectivity index is 1.93. The van der Waals surface area contributed by atoms with Crippen molar-refractivity contribution in [2.24, 2.45) is 11.8 Å². The van der Waals surface area contributed by atoms with Crippen LogP contribution in [0, 0.1) is 5.92 Å². The molecule has 1 aliphatic carbocycles. The second kappa shape index (κ2) is 6.21. The summed E-state index contributed by atoms with van der Waals surface area (Å²) >= 11 is 0. The molecule has 1 aliphatic rings. The molecule has 19 heavy (non-hydrogen) atoms. The Labute approximate surface area is 114 Å². The van der Waals surface area contributed by atoms with Gasteiger partial charge in [0.1, 0.15) is 12.0 Å². The molecule has 0 aliphatic heterocycles. The Kier molecular flexibility index (Phi) is 4.61. The second-order valence-electron chi connectivity index (χ2n) is 5.62. The standard InChI is InChI=1S/C14H23N3O2/c1-10-4-3-5-12(6-10)17(2)8-13-7-11(9-19-13)14(18)16-15/h7,9-10,12H,3-6,8,15H2,1-2H3,(H,16,18). The molecule has 2 rings (SSSR count). The first-order chi connectivity index (χ1) is 9.10. The summed E-state index contributed by atoms with van der Waals surface area (Å²) in [6.45, 7) is 3.05. The maximum Gasteiger partial charge on any atom is 0.268 e. The monoisotopic (exact) mass is 265 g/mol. The van der Waals surface area contributed by atoms with Gasteiger partial charge in [0, 0.05) is 6.04 Å². The number of amides is 1. The summed E-state index contributed by atoms with van der Waals surface area (Å²) in [5, 5.41) is 0. The van der Waals surface area contributed by atoms with Crippen LogP contribution in [0.5, 0.6) is 0 Å². The van der Waals surface area contributed by atoms with E-state index in [1.54, 1.807) is 6.07 Å². The average molecular weight is 265 g/mol. The number of carbonyl (C=O) groups excluding carboxylic acids is 1. The Morgan fingerprint density at radius 1 is 1.58 bits per heavy atom. The molecule has 3 N–H and O–H groups in total. The molecule has 0 aromatic carbocycles. The molecule has 106 valence electrons. The Morgan fingerprint density at radius 2 is 2.37 bits per heavy atom. The SMILES string of the molecule is CC1CCCC(N(C)Cc2cc(C(=O)NN)co2)C1. The molecule has 0 saturated heterocycles. The van der Waals surface area contributed by atoms with E-state index >= 15 is 0 Å². The minimum absolute atomic E-state index is 0.316. The van der Waals surface area contributed by atoms with E-state index in [2.05, 4.69) is 24.3 Å². The van der Waals surface area contributed by atoms with Gasteiger partial charge in [-0.25, -0.2) is 5.84 Å². The van der Waals surface area contributed by atoms with Crippen LogP contribution in [-0.4, -0.2) is 23.9 Å². The molecule has 1 aromatic heterocycles. The zero-order chi connectivity index (χ0) is 13.8. The normalized spacial score (nSPS) is 23.6. The van der Waals surface area contributed by atoms with E-state index < -0.39 is 0 Å². The fourth-order valence-electron chi connectivity index (χ4n) is 2.84. The van der Waals surface area contributed by atoms with Gasteiger partial charge < -0.3 is 4.42 Å². The molecule has 0 spiro atoms. The molecular formula is C14H23N3O2. The highest BCUT2D eigenvalue weighted by atomic mass is 16.3. The molecule has 1 heterocycles. The molecule has 5 heteroatoms. The highest BCUT2D eigenvalue weighted by Crippen LogP contribution is 2.27. The number of hydrogen-bond donors (Lipinski definition) is 2. The van der Waals surface area contributed by atoms with Crippen LogP contribution in [0.1, 0.15) is 48.7 Å². The fourth-order valence-corrected chi connectivity index (χ4v) is 2.84. The zero-order valence-electron chi connectivity index (χ0n) is 11.7. The molecule has 0 bridgehead atoms. The van der Waals surface area contributed by atoms with Crippen LogP contribution in [0.15, 0.2) is 16.7 Å². The van der Waals surface area contributed by atoms with E-state index in [1.807, 2.05) is 0 Å². The number of carbonyl (C=O) groups is 1. The van der Waals surface area contributed by atoms with Gasteiger partial charge in [-0.3, -0.25) is 15.1 Å². The molecule has 1 aromatic rings. The average Bonchev–Trinajstić information content (AvgIpc) is 2.86. The minimum atomic E-state index is -0.316. The maximum atomic E-state index is 11.3. The molecule has 1 amide bonds. The van der Waals surface area contributed by atoms with Crippen molar-refractivity contribution < 1.29 is 9.21 Å². The van der Waals surface area contributed by atoms with Gasteiger partial charge in [-0.1, -0.05) is 19.8 Å². The van der Waals surface area contributed by atoms with Crippen LogP contribution in [0.4, 0.5) is 0 Å². The highest BCUT2D eigenvalue weighted by Gasteiger charge is 2.23. The lowest BCUT2D eigenvalue weighted by molar-refractivity contribution is 0.0953. The molecule has 2 atom stereocenters. The first kappa shape index (κ1) is 14.1. The lowest BCUT2D eigenvalue weighted by Gasteiger charge is -2.33. The van der Waals surface area contributed by atoms with Gasteiger partial charge >= 0.3 is 0 Å². The van der Waals surface area contributed by atoms with Crippen LogP contribution in [0.3, 0.4) is 0 Å². The number of furan rings is 1. The van der Waals surface area contributed by atoms with Gasteiger partial charge in [-0.2, -0.15) is 0 Å². The van der Waals surface area contributed by atoms with E-state index in [0.717, 1.165) is 18.2 Å². The second-order valence-corrected chi connectivity index (χ2v) is 5.62. The van der Waals surface area contributed by atoms with Crippen molar-refractivity contribution in [2.45, 2.75) is 45.2 Å². The Morgan fingerprint density at radius 3 is 3.05 bits per heavy atom. The topological polar surface area (TPSA) is 71.5 Å². The molecular weight excluding hydrogens is 242 g/mol. The van der Waals surface area contributed by atoms with Crippen LogP contribution in [-0.2, 0) is 6.54 Å². The van der Waals surface area contributed by atoms with Crippen LogP contribution >= 0.6 is 0 Å². The van der Waals surface area contributed by atoms with Crippen LogP contribution < -0.4 is 11.3 Å². The third kappa shape index (κ3) is 3.58. The Bertz CT molecular complexity index is 430. The first-order valence-electron chi connectivity index (χ1n) is 6.88. The van der Waals surface area contributed by atoms with Gasteiger partial charge in [0.05, 0.1) is 12.1 Å². The fraction of sp³-hybridized carbons (Fsp3) is 0.643. The van der Waals surface area contributed by atoms with Crippen molar-refractivity contribution in [2.75, 3.05) is 7.05 Å². The summed E-state index contributed by atoms with van der Waals surface area (Å²) in [5.74, 6) is 6.39. The summed E-state index contributed by atoms with van der Waals surface area (Å²) in [4.78, 5) is 13.7. The quantitative estimate of drug-likeness (QED) is 0.495. The number of nitrogens with two attached hydrogens (primary N) is 1. The summed E-state index contributed by atoms with van der Waals surface area (Å²) in [6, 6.07) is 2.37. The summed E-state index contributed by atoms with van der Waals surface area (Å²) in [6.07, 6.45) is 6.58. The number of nitrogen functional groups attached to an aromatic ring is 1. The van der Waals surface area contributed by atoms with Gasteiger partial charge in [-0.05, 0) is 31.9 Å². The minimum Gasteiger partial charge on any atom is -0.467 e. The highest BCUT2D eigenvalue weighted by molar-refractivity contribution is 5.93. The number of rotatable bonds is 4. The van der Waals surface area contributed by atoms with Crippen molar-refractivity contribution >= 4 is 5.91 Å². The van der Waals surface area contributed by atoms with E-state index in [-0.39, 0.29) is 5.91 Å². The van der Waals surface area contributed by atoms with Gasteiger partial charge in [0.2, 0.25) is 0 Å². The number of nitrogens with zero attached hydrogens (tertiary/aromatic N) is 1. The summed E-state index contributed by atoms with van der Waals surface area (Å²) in [5.41, 5.74) is 2.58. The van der Waals surface area contributed by atoms with Crippen molar-refractivity contribution in [3.8, 4) is 0 Å². The van der Waals surface area contributed by atoms with E-state index in [1.165, 1.54) is 31.9 Å². The maximum absolute atomic E-state index is 11.3. The van der Waals surface area contributed by atoms with E-state index in [9.17, 15) is 4.79 Å². The lowest BCUT2D eigenvalue weighted by atomic mass is 9.86. The number of nitrogens with one attached hydrogen (secondary N) is 1. The molecule has 0 radical (unpaired) electrons. The van der Waals surface area contributed by atoms with E-state index in [0.29, 0.717) is 11.6 Å². The van der Waals surface area contributed by atoms with Crippen LogP contribution in [0.2, 0.25) is 0 Å². The van der Waals surface area contributed by atoms with E-state index in [4.69, 9.17) is 10.3 Å². The van der Waals surface area contributed by atoms with Crippen LogP contribution in [0.25, 0.3) is 0 Å². The third-order valence-electron chi connectivity index (χ3n) is 3.98. The van der Waals surface area contributed by atoms with Crippen molar-refractivity contribution in [3.05, 3.63) is 23.7 Å². The Hall–Kier alpha value is -1.33. The molecule has 2 unspecified atom stereocenters. The molecule has 5 nitrogen and oxygen atoms in total. The first-order valence-corrected chi connectivity index (χ1v) is 6.88. The summed E-state index contributed by atoms with van der Waals surface area (Å²) < 4.78 is 5.42. The summed E-state index contributed by atoms with van der Waals surface area (Å²) in [7, 11) is 2.12. The largest absolute Gasteiger partial charge is 0.467 e. The van der Waals surface area contributed by atoms with Crippen molar-refractivity contribution in [1.29, 1.82) is 0 Å². The molecule has 1 fully saturated rings. The van der Waals surface area contributed by atoms with Crippen molar-refractivity contribution in [3.63, 3.8) is 0 Å².